The van der Waals surface area contributed by atoms with Crippen LogP contribution in [0.25, 0.3) is 10.4 Å². The van der Waals surface area contributed by atoms with Crippen molar-refractivity contribution in [2.45, 2.75) is 43.0 Å². The summed E-state index contributed by atoms with van der Waals surface area (Å²) in [4.78, 5) is 38.2. The zero-order valence-corrected chi connectivity index (χ0v) is 24.6. The van der Waals surface area contributed by atoms with Gasteiger partial charge in [-0.05, 0) is 30.5 Å². The van der Waals surface area contributed by atoms with Crippen LogP contribution in [0.4, 0.5) is 10.5 Å². The van der Waals surface area contributed by atoms with Crippen LogP contribution in [0.2, 0.25) is 0 Å². The number of rotatable bonds is 22. The summed E-state index contributed by atoms with van der Waals surface area (Å²) in [6.07, 6.45) is 3.30. The largest absolute Gasteiger partial charge is 0.377 e. The number of unbranched alkanes of at least 4 members (excludes halogenated alkanes) is 1. The maximum atomic E-state index is 12.0. The van der Waals surface area contributed by atoms with Gasteiger partial charge >= 0.3 is 6.03 Å². The lowest BCUT2D eigenvalue weighted by Gasteiger charge is -2.16. The lowest BCUT2D eigenvalue weighted by molar-refractivity contribution is -0.121. The molecule has 4 amide bonds. The fraction of sp³-hybridized carbons (Fsp3) is 0.667. The van der Waals surface area contributed by atoms with Gasteiger partial charge in [-0.2, -0.15) is 11.8 Å². The summed E-state index contributed by atoms with van der Waals surface area (Å²) in [5.74, 6) is 0.756. The average Bonchev–Trinajstić information content (AvgIpc) is 3.54. The summed E-state index contributed by atoms with van der Waals surface area (Å²) in [6, 6.07) is 6.73. The van der Waals surface area contributed by atoms with Crippen molar-refractivity contribution in [3.63, 3.8) is 0 Å². The molecule has 14 nitrogen and oxygen atoms in total. The van der Waals surface area contributed by atoms with Gasteiger partial charge in [0.25, 0.3) is 5.91 Å². The second-order valence-corrected chi connectivity index (χ2v) is 10.9. The van der Waals surface area contributed by atoms with Crippen LogP contribution in [0.3, 0.4) is 0 Å². The van der Waals surface area contributed by atoms with E-state index >= 15 is 0 Å². The summed E-state index contributed by atoms with van der Waals surface area (Å²) >= 11 is 1.89. The van der Waals surface area contributed by atoms with Gasteiger partial charge < -0.3 is 40.2 Å². The average molecular weight is 608 g/mol. The van der Waals surface area contributed by atoms with Gasteiger partial charge in [0.1, 0.15) is 0 Å². The van der Waals surface area contributed by atoms with Crippen molar-refractivity contribution in [3.8, 4) is 0 Å². The molecule has 0 radical (unpaired) electrons. The summed E-state index contributed by atoms with van der Waals surface area (Å²) in [5.41, 5.74) is 9.32. The van der Waals surface area contributed by atoms with E-state index in [1.54, 1.807) is 24.3 Å². The van der Waals surface area contributed by atoms with E-state index < -0.39 is 0 Å². The van der Waals surface area contributed by atoms with Gasteiger partial charge in [0.2, 0.25) is 5.91 Å². The minimum absolute atomic E-state index is 0.0312. The van der Waals surface area contributed by atoms with Crippen molar-refractivity contribution in [1.29, 1.82) is 0 Å². The van der Waals surface area contributed by atoms with Crippen molar-refractivity contribution >= 4 is 35.3 Å². The minimum Gasteiger partial charge on any atom is -0.377 e. The molecular formula is C27H41N7O7S. The normalized spacial score (nSPS) is 19.0. The first-order valence-corrected chi connectivity index (χ1v) is 15.3. The van der Waals surface area contributed by atoms with E-state index in [4.69, 9.17) is 24.5 Å². The summed E-state index contributed by atoms with van der Waals surface area (Å²) in [6.45, 7) is 4.22. The number of nitrogens with zero attached hydrogens (tertiary/aromatic N) is 3. The van der Waals surface area contributed by atoms with Crippen molar-refractivity contribution in [2.24, 2.45) is 5.11 Å². The predicted octanol–water partition coefficient (Wildman–Crippen LogP) is 2.27. The number of carbonyl (C=O) groups is 3. The Hall–Kier alpha value is -3.07. The molecule has 3 atom stereocenters. The SMILES string of the molecule is [N-]=[N+]=Nc1ccc(C(=O)NCCOCCOCCOCCOCCNC(=O)CCCC[C@@H]2SC[C@@H]3NC(=O)N[C@@H]32)cc1. The van der Waals surface area contributed by atoms with Crippen molar-refractivity contribution in [2.75, 3.05) is 71.7 Å². The Balaban J connectivity index is 1.01. The quantitative estimate of drug-likeness (QED) is 0.0508. The number of azide groups is 1. The predicted molar refractivity (Wildman–Crippen MR) is 158 cm³/mol. The highest BCUT2D eigenvalue weighted by molar-refractivity contribution is 8.00. The van der Waals surface area contributed by atoms with E-state index in [-0.39, 0.29) is 29.9 Å². The molecule has 42 heavy (non-hydrogen) atoms. The third-order valence-corrected chi connectivity index (χ3v) is 8.10. The van der Waals surface area contributed by atoms with E-state index in [0.717, 1.165) is 25.0 Å². The number of amides is 4. The summed E-state index contributed by atoms with van der Waals surface area (Å²) < 4.78 is 21.8. The molecule has 3 rings (SSSR count). The van der Waals surface area contributed by atoms with Gasteiger partial charge in [-0.15, -0.1) is 0 Å². The molecule has 4 N–H and O–H groups in total. The molecule has 2 aliphatic rings. The Bertz CT molecular complexity index is 1030. The molecule has 0 spiro atoms. The van der Waals surface area contributed by atoms with Gasteiger partial charge in [0.05, 0.1) is 64.9 Å². The highest BCUT2D eigenvalue weighted by Gasteiger charge is 2.42. The molecular weight excluding hydrogens is 566 g/mol. The van der Waals surface area contributed by atoms with E-state index in [9.17, 15) is 14.4 Å². The zero-order valence-electron chi connectivity index (χ0n) is 23.8. The lowest BCUT2D eigenvalue weighted by Crippen LogP contribution is -2.36. The van der Waals surface area contributed by atoms with Crippen molar-refractivity contribution < 1.29 is 33.3 Å². The molecule has 0 saturated carbocycles. The molecule has 232 valence electrons. The van der Waals surface area contributed by atoms with E-state index in [1.165, 1.54) is 0 Å². The number of hydrogen-bond acceptors (Lipinski definition) is 9. The lowest BCUT2D eigenvalue weighted by atomic mass is 10.0. The van der Waals surface area contributed by atoms with Crippen LogP contribution >= 0.6 is 11.8 Å². The first-order valence-electron chi connectivity index (χ1n) is 14.3. The maximum Gasteiger partial charge on any atom is 0.315 e. The maximum absolute atomic E-state index is 12.0. The zero-order chi connectivity index (χ0) is 29.8. The second-order valence-electron chi connectivity index (χ2n) is 9.66. The van der Waals surface area contributed by atoms with Gasteiger partial charge in [0.15, 0.2) is 0 Å². The molecule has 0 unspecified atom stereocenters. The number of nitrogens with one attached hydrogen (secondary N) is 4. The van der Waals surface area contributed by atoms with Crippen molar-refractivity contribution in [1.82, 2.24) is 21.3 Å². The van der Waals surface area contributed by atoms with E-state index in [1.807, 2.05) is 11.8 Å². The van der Waals surface area contributed by atoms with Gasteiger partial charge in [-0.3, -0.25) is 9.59 Å². The number of hydrogen-bond donors (Lipinski definition) is 4. The smallest absolute Gasteiger partial charge is 0.315 e. The molecule has 2 aliphatic heterocycles. The Morgan fingerprint density at radius 2 is 1.52 bits per heavy atom. The first-order chi connectivity index (χ1) is 20.6. The molecule has 2 saturated heterocycles. The Kier molecular flexibility index (Phi) is 15.9. The fourth-order valence-electron chi connectivity index (χ4n) is 4.46. The van der Waals surface area contributed by atoms with E-state index in [2.05, 4.69) is 31.3 Å². The molecule has 15 heteroatoms. The third kappa shape index (κ3) is 12.8. The first kappa shape index (κ1) is 33.4. The van der Waals surface area contributed by atoms with Crippen LogP contribution in [0.5, 0.6) is 0 Å². The number of benzene rings is 1. The Morgan fingerprint density at radius 3 is 2.17 bits per heavy atom. The van der Waals surface area contributed by atoms with Gasteiger partial charge in [-0.1, -0.05) is 23.7 Å². The molecule has 2 heterocycles. The Labute approximate surface area is 249 Å². The second kappa shape index (κ2) is 19.9. The minimum atomic E-state index is -0.229. The van der Waals surface area contributed by atoms with Gasteiger partial charge in [-0.25, -0.2) is 4.79 Å². The summed E-state index contributed by atoms with van der Waals surface area (Å²) in [7, 11) is 0. The standard InChI is InChI=1S/C27H41N7O7S/c28-34-33-21-7-5-20(6-8-21)26(36)30-10-12-39-14-16-41-18-17-40-15-13-38-11-9-29-24(35)4-2-1-3-23-25-22(19-42-23)31-27(37)32-25/h5-8,22-23,25H,1-4,9-19H2,(H,29,35)(H,30,36)(H2,31,32,37)/t22-,23-,25-/m0/s1. The van der Waals surface area contributed by atoms with Crippen molar-refractivity contribution in [3.05, 3.63) is 40.3 Å². The topological polar surface area (TPSA) is 185 Å². The van der Waals surface area contributed by atoms with E-state index in [0.29, 0.717) is 88.9 Å². The number of thioether (sulfide) groups is 1. The van der Waals surface area contributed by atoms with Crippen LogP contribution in [-0.2, 0) is 23.7 Å². The van der Waals surface area contributed by atoms with Gasteiger partial charge in [0, 0.05) is 46.7 Å². The third-order valence-electron chi connectivity index (χ3n) is 6.59. The number of fused-ring (bicyclic) bond motifs is 1. The van der Waals surface area contributed by atoms with Crippen LogP contribution in [0.1, 0.15) is 36.0 Å². The monoisotopic (exact) mass is 607 g/mol. The molecule has 1 aromatic carbocycles. The van der Waals surface area contributed by atoms with Crippen LogP contribution in [0.15, 0.2) is 29.4 Å². The highest BCUT2D eigenvalue weighted by atomic mass is 32.2. The summed E-state index contributed by atoms with van der Waals surface area (Å²) in [5, 5.41) is 15.5. The number of carbonyl (C=O) groups excluding carboxylic acids is 3. The Morgan fingerprint density at radius 1 is 0.905 bits per heavy atom. The van der Waals surface area contributed by atoms with Crippen LogP contribution < -0.4 is 21.3 Å². The molecule has 1 aromatic rings. The molecule has 0 bridgehead atoms. The molecule has 0 aliphatic carbocycles. The number of urea groups is 1. The van der Waals surface area contributed by atoms with Crippen LogP contribution in [-0.4, -0.2) is 107 Å². The number of ether oxygens (including phenoxy) is 4. The molecule has 0 aromatic heterocycles. The fourth-order valence-corrected chi connectivity index (χ4v) is 6.00. The highest BCUT2D eigenvalue weighted by Crippen LogP contribution is 2.33. The molecule has 2 fully saturated rings. The van der Waals surface area contributed by atoms with Crippen LogP contribution in [0, 0.1) is 0 Å².